The summed E-state index contributed by atoms with van der Waals surface area (Å²) in [4.78, 5) is 27.7. The Morgan fingerprint density at radius 2 is 1.63 bits per heavy atom. The molecule has 188 valence electrons. The van der Waals surface area contributed by atoms with Gasteiger partial charge in [0.25, 0.3) is 0 Å². The molecule has 0 radical (unpaired) electrons. The molecule has 1 aliphatic heterocycles. The molecule has 2 atom stereocenters. The highest BCUT2D eigenvalue weighted by atomic mass is 16.6. The predicted molar refractivity (Wildman–Crippen MR) is 135 cm³/mol. The summed E-state index contributed by atoms with van der Waals surface area (Å²) in [5.41, 5.74) is 3.35. The lowest BCUT2D eigenvalue weighted by atomic mass is 9.92. The van der Waals surface area contributed by atoms with Gasteiger partial charge in [-0.15, -0.1) is 0 Å². The number of fused-ring (bicyclic) bond motifs is 3. The summed E-state index contributed by atoms with van der Waals surface area (Å²) >= 11 is 0. The van der Waals surface area contributed by atoms with Crippen molar-refractivity contribution < 1.29 is 23.8 Å². The van der Waals surface area contributed by atoms with Crippen LogP contribution in [0.25, 0.3) is 11.1 Å². The summed E-state index contributed by atoms with van der Waals surface area (Å²) in [6.07, 6.45) is 0.531. The van der Waals surface area contributed by atoms with Crippen molar-refractivity contribution in [3.63, 3.8) is 0 Å². The molecule has 2 aromatic carbocycles. The molecule has 35 heavy (non-hydrogen) atoms. The Morgan fingerprint density at radius 1 is 1.06 bits per heavy atom. The first kappa shape index (κ1) is 25.2. The molecule has 1 saturated heterocycles. The van der Waals surface area contributed by atoms with Gasteiger partial charge in [0.15, 0.2) is 0 Å². The molecule has 1 fully saturated rings. The summed E-state index contributed by atoms with van der Waals surface area (Å²) in [7, 11) is 0. The van der Waals surface area contributed by atoms with E-state index in [9.17, 15) is 9.59 Å². The zero-order valence-corrected chi connectivity index (χ0v) is 21.7. The maximum atomic E-state index is 13.5. The van der Waals surface area contributed by atoms with Crippen LogP contribution in [0.15, 0.2) is 48.5 Å². The summed E-state index contributed by atoms with van der Waals surface area (Å²) in [5, 5.41) is 0. The highest BCUT2D eigenvalue weighted by Gasteiger charge is 2.48. The minimum atomic E-state index is -0.825. The van der Waals surface area contributed by atoms with Gasteiger partial charge in [-0.2, -0.15) is 0 Å². The molecule has 0 aromatic heterocycles. The largest absolute Gasteiger partial charge is 0.460 e. The summed E-state index contributed by atoms with van der Waals surface area (Å²) in [5.74, 6) is -0.367. The Hall–Kier alpha value is -2.86. The molecule has 2 aliphatic rings. The molecule has 6 nitrogen and oxygen atoms in total. The number of carbonyl (C=O) groups is 2. The van der Waals surface area contributed by atoms with E-state index >= 15 is 0 Å². The number of carbonyl (C=O) groups excluding carboxylic acids is 2. The van der Waals surface area contributed by atoms with E-state index in [0.29, 0.717) is 6.61 Å². The summed E-state index contributed by atoms with van der Waals surface area (Å²) < 4.78 is 17.5. The van der Waals surface area contributed by atoms with Crippen molar-refractivity contribution in [1.29, 1.82) is 0 Å². The third-order valence-corrected chi connectivity index (χ3v) is 6.97. The number of esters is 1. The van der Waals surface area contributed by atoms with Gasteiger partial charge in [0.05, 0.1) is 19.1 Å². The van der Waals surface area contributed by atoms with Crippen molar-refractivity contribution in [3.8, 4) is 11.1 Å². The first-order valence-electron chi connectivity index (χ1n) is 12.5. The molecule has 0 spiro atoms. The van der Waals surface area contributed by atoms with Crippen LogP contribution in [0.1, 0.15) is 71.4 Å². The highest BCUT2D eigenvalue weighted by molar-refractivity contribution is 5.79. The van der Waals surface area contributed by atoms with E-state index in [2.05, 4.69) is 24.3 Å². The quantitative estimate of drug-likeness (QED) is 0.466. The Labute approximate surface area is 208 Å². The van der Waals surface area contributed by atoms with Gasteiger partial charge >= 0.3 is 12.1 Å². The van der Waals surface area contributed by atoms with Crippen molar-refractivity contribution >= 4 is 12.1 Å². The number of hydrogen-bond acceptors (Lipinski definition) is 5. The van der Waals surface area contributed by atoms with E-state index in [1.54, 1.807) is 4.90 Å². The van der Waals surface area contributed by atoms with Crippen LogP contribution < -0.4 is 0 Å². The SMILES string of the molecule is CC[C@@H](CC(=O)OC(C)(C)C)[C@@H]1COC(C)(C)N1C(=O)OCC1c2ccccc2-c2ccccc21. The van der Waals surface area contributed by atoms with Crippen molar-refractivity contribution in [2.45, 2.75) is 77.7 Å². The Balaban J connectivity index is 1.50. The normalized spacial score (nSPS) is 19.7. The van der Waals surface area contributed by atoms with E-state index < -0.39 is 17.4 Å². The van der Waals surface area contributed by atoms with Gasteiger partial charge in [-0.1, -0.05) is 61.9 Å². The van der Waals surface area contributed by atoms with E-state index in [1.165, 1.54) is 22.3 Å². The second kappa shape index (κ2) is 9.65. The van der Waals surface area contributed by atoms with E-state index in [0.717, 1.165) is 6.42 Å². The standard InChI is InChI=1S/C29H37NO5/c1-7-19(16-26(31)35-28(2,3)4)25-18-34-29(5,6)30(25)27(32)33-17-24-22-14-10-8-12-20(22)21-13-9-11-15-23(21)24/h8-15,19,24-25H,7,16-18H2,1-6H3/t19-,25-/m0/s1. The van der Waals surface area contributed by atoms with Crippen LogP contribution >= 0.6 is 0 Å². The average molecular weight is 480 g/mol. The van der Waals surface area contributed by atoms with Gasteiger partial charge < -0.3 is 14.2 Å². The number of rotatable bonds is 6. The van der Waals surface area contributed by atoms with Crippen LogP contribution in [0.3, 0.4) is 0 Å². The number of benzene rings is 2. The first-order valence-corrected chi connectivity index (χ1v) is 12.5. The lowest BCUT2D eigenvalue weighted by Gasteiger charge is -2.36. The average Bonchev–Trinajstić information content (AvgIpc) is 3.28. The fourth-order valence-corrected chi connectivity index (χ4v) is 5.35. The van der Waals surface area contributed by atoms with Crippen LogP contribution in [-0.2, 0) is 19.0 Å². The van der Waals surface area contributed by atoms with Crippen molar-refractivity contribution in [3.05, 3.63) is 59.7 Å². The second-order valence-corrected chi connectivity index (χ2v) is 11.0. The van der Waals surface area contributed by atoms with Gasteiger partial charge in [0.1, 0.15) is 17.9 Å². The lowest BCUT2D eigenvalue weighted by molar-refractivity contribution is -0.156. The number of hydrogen-bond donors (Lipinski definition) is 0. The van der Waals surface area contributed by atoms with Crippen molar-refractivity contribution in [2.75, 3.05) is 13.2 Å². The number of ether oxygens (including phenoxy) is 3. The van der Waals surface area contributed by atoms with Crippen LogP contribution in [0.2, 0.25) is 0 Å². The van der Waals surface area contributed by atoms with Crippen molar-refractivity contribution in [2.24, 2.45) is 5.92 Å². The Bertz CT molecular complexity index is 1040. The zero-order chi connectivity index (χ0) is 25.4. The molecule has 6 heteroatoms. The molecule has 0 unspecified atom stereocenters. The van der Waals surface area contributed by atoms with Crippen LogP contribution in [0.4, 0.5) is 4.79 Å². The topological polar surface area (TPSA) is 65.1 Å². The molecule has 0 saturated carbocycles. The zero-order valence-electron chi connectivity index (χ0n) is 21.7. The fraction of sp³-hybridized carbons (Fsp3) is 0.517. The molecular weight excluding hydrogens is 442 g/mol. The number of amides is 1. The third-order valence-electron chi connectivity index (χ3n) is 6.97. The lowest BCUT2D eigenvalue weighted by Crippen LogP contribution is -2.51. The highest BCUT2D eigenvalue weighted by Crippen LogP contribution is 2.45. The van der Waals surface area contributed by atoms with Gasteiger partial charge in [0, 0.05) is 5.92 Å². The predicted octanol–water partition coefficient (Wildman–Crippen LogP) is 6.13. The molecule has 1 heterocycles. The molecule has 4 rings (SSSR count). The molecular formula is C29H37NO5. The Morgan fingerprint density at radius 3 is 2.17 bits per heavy atom. The van der Waals surface area contributed by atoms with Crippen LogP contribution in [0, 0.1) is 5.92 Å². The molecule has 1 aliphatic carbocycles. The van der Waals surface area contributed by atoms with Gasteiger partial charge in [-0.3, -0.25) is 9.69 Å². The summed E-state index contributed by atoms with van der Waals surface area (Å²) in [6.45, 7) is 11.9. The minimum absolute atomic E-state index is 0.0137. The Kier molecular flexibility index (Phi) is 6.96. The van der Waals surface area contributed by atoms with E-state index in [4.69, 9.17) is 14.2 Å². The fourth-order valence-electron chi connectivity index (χ4n) is 5.35. The molecule has 1 amide bonds. The first-order chi connectivity index (χ1) is 16.5. The maximum absolute atomic E-state index is 13.5. The molecule has 2 aromatic rings. The third kappa shape index (κ3) is 5.22. The summed E-state index contributed by atoms with van der Waals surface area (Å²) in [6, 6.07) is 16.3. The van der Waals surface area contributed by atoms with Crippen molar-refractivity contribution in [1.82, 2.24) is 4.90 Å². The maximum Gasteiger partial charge on any atom is 0.412 e. The molecule has 0 N–H and O–H groups in total. The van der Waals surface area contributed by atoms with E-state index in [-0.39, 0.29) is 36.9 Å². The second-order valence-electron chi connectivity index (χ2n) is 11.0. The number of nitrogens with zero attached hydrogens (tertiary/aromatic N) is 1. The van der Waals surface area contributed by atoms with Gasteiger partial charge in [0.2, 0.25) is 0 Å². The van der Waals surface area contributed by atoms with Crippen LogP contribution in [0.5, 0.6) is 0 Å². The monoisotopic (exact) mass is 479 g/mol. The van der Waals surface area contributed by atoms with Gasteiger partial charge in [-0.05, 0) is 62.8 Å². The smallest absolute Gasteiger partial charge is 0.412 e. The molecule has 0 bridgehead atoms. The van der Waals surface area contributed by atoms with Gasteiger partial charge in [-0.25, -0.2) is 4.79 Å². The minimum Gasteiger partial charge on any atom is -0.460 e. The van der Waals surface area contributed by atoms with E-state index in [1.807, 2.05) is 65.8 Å². The van der Waals surface area contributed by atoms with Crippen LogP contribution in [-0.4, -0.2) is 47.5 Å².